The maximum Gasteiger partial charge on any atom is 1.10 e. The summed E-state index contributed by atoms with van der Waals surface area (Å²) in [5, 5.41) is 0. The van der Waals surface area contributed by atoms with E-state index in [1.165, 1.54) is 12.2 Å². The number of carbonyl (C=O) groups is 4. The van der Waals surface area contributed by atoms with Gasteiger partial charge in [0.05, 0.1) is 0 Å². The Morgan fingerprint density at radius 2 is 1.21 bits per heavy atom. The number of hydrogen-bond donors (Lipinski definition) is 0. The van der Waals surface area contributed by atoms with Gasteiger partial charge in [0.1, 0.15) is 12.8 Å². The van der Waals surface area contributed by atoms with Crippen molar-refractivity contribution in [1.82, 2.24) is 0 Å². The predicted molar refractivity (Wildman–Crippen MR) is 87.7 cm³/mol. The Hall–Kier alpha value is -1.75. The van der Waals surface area contributed by atoms with Crippen LogP contribution in [-0.2, 0) is 30.5 Å². The third kappa shape index (κ3) is 11.8. The second-order valence-corrected chi connectivity index (χ2v) is 6.01. The highest BCUT2D eigenvalue weighted by molar-refractivity contribution is 6.42. The van der Waals surface area contributed by atoms with E-state index in [4.69, 9.17) is 11.4 Å². The van der Waals surface area contributed by atoms with Crippen LogP contribution < -0.4 is 0 Å². The van der Waals surface area contributed by atoms with Gasteiger partial charge in [0.2, 0.25) is 0 Å². The van der Waals surface area contributed by atoms with Gasteiger partial charge in [-0.05, 0) is 31.9 Å². The Balaban J connectivity index is 4.47. The van der Waals surface area contributed by atoms with E-state index in [0.29, 0.717) is 12.8 Å². The van der Waals surface area contributed by atoms with Crippen LogP contribution in [0, 0.1) is 0 Å². The van der Waals surface area contributed by atoms with Gasteiger partial charge in [-0.3, -0.25) is 19.2 Å². The first kappa shape index (κ1) is 22.3. The maximum absolute atomic E-state index is 11.7. The molecule has 0 saturated carbocycles. The summed E-state index contributed by atoms with van der Waals surface area (Å²) in [6, 6.07) is 0. The average Bonchev–Trinajstić information content (AvgIpc) is 2.50. The lowest BCUT2D eigenvalue weighted by molar-refractivity contribution is -0.144. The molecule has 0 aromatic rings. The molecule has 0 aromatic carbocycles. The quantitative estimate of drug-likeness (QED) is 0.300. The summed E-state index contributed by atoms with van der Waals surface area (Å²) >= 11 is -3.07. The Morgan fingerprint density at radius 1 is 0.792 bits per heavy atom. The lowest BCUT2D eigenvalue weighted by Gasteiger charge is -2.11. The zero-order chi connectivity index (χ0) is 18.4. The summed E-state index contributed by atoms with van der Waals surface area (Å²) in [6.45, 7) is 5.53. The SMILES string of the molecule is CCC=CC(=O)CC(=O)[O][Al]([O]CC)[O]C(=O)CC(=O)C=CCC. The highest BCUT2D eigenvalue weighted by Gasteiger charge is 2.43. The topological polar surface area (TPSA) is 96.0 Å². The van der Waals surface area contributed by atoms with Gasteiger partial charge >= 0.3 is 15.1 Å². The lowest BCUT2D eigenvalue weighted by atomic mass is 10.2. The molecule has 0 bridgehead atoms. The van der Waals surface area contributed by atoms with Crippen LogP contribution in [0.2, 0.25) is 0 Å². The summed E-state index contributed by atoms with van der Waals surface area (Å²) in [6.07, 6.45) is 6.29. The molecule has 0 aromatic heterocycles. The minimum absolute atomic E-state index is 0.171. The molecule has 0 atom stereocenters. The van der Waals surface area contributed by atoms with Gasteiger partial charge in [0, 0.05) is 6.61 Å². The van der Waals surface area contributed by atoms with E-state index >= 15 is 0 Å². The van der Waals surface area contributed by atoms with Crippen LogP contribution in [0.5, 0.6) is 0 Å². The highest BCUT2D eigenvalue weighted by Crippen LogP contribution is 2.01. The Bertz CT molecular complexity index is 455. The zero-order valence-corrected chi connectivity index (χ0v) is 15.4. The molecular formula is C16H23AlO7. The predicted octanol–water partition coefficient (Wildman–Crippen LogP) is 1.94. The van der Waals surface area contributed by atoms with Crippen LogP contribution in [0.3, 0.4) is 0 Å². The third-order valence-electron chi connectivity index (χ3n) is 2.47. The van der Waals surface area contributed by atoms with Crippen LogP contribution in [0.25, 0.3) is 0 Å². The van der Waals surface area contributed by atoms with E-state index in [1.54, 1.807) is 19.1 Å². The monoisotopic (exact) mass is 354 g/mol. The molecule has 0 N–H and O–H groups in total. The van der Waals surface area contributed by atoms with E-state index in [0.717, 1.165) is 0 Å². The highest BCUT2D eigenvalue weighted by atomic mass is 27.3. The van der Waals surface area contributed by atoms with E-state index in [9.17, 15) is 19.2 Å². The van der Waals surface area contributed by atoms with Crippen molar-refractivity contribution in [1.29, 1.82) is 0 Å². The molecule has 0 radical (unpaired) electrons. The second-order valence-electron chi connectivity index (χ2n) is 4.63. The molecular weight excluding hydrogens is 331 g/mol. The van der Waals surface area contributed by atoms with Crippen molar-refractivity contribution >= 4 is 38.7 Å². The minimum atomic E-state index is -3.07. The molecule has 0 rings (SSSR count). The zero-order valence-electron chi connectivity index (χ0n) is 14.3. The van der Waals surface area contributed by atoms with Crippen LogP contribution in [-0.4, -0.2) is 45.3 Å². The molecule has 0 aliphatic heterocycles. The van der Waals surface area contributed by atoms with Crippen LogP contribution in [0.1, 0.15) is 46.5 Å². The van der Waals surface area contributed by atoms with Gasteiger partial charge in [-0.15, -0.1) is 0 Å². The Morgan fingerprint density at radius 3 is 1.54 bits per heavy atom. The van der Waals surface area contributed by atoms with Gasteiger partial charge in [-0.2, -0.15) is 0 Å². The summed E-state index contributed by atoms with van der Waals surface area (Å²) in [5.74, 6) is -2.46. The minimum Gasteiger partial charge on any atom is -0.561 e. The standard InChI is InChI=1S/2C7H10O3.C2H5O.Al/c2*1-2-3-4-6(8)5-7(9)10;1-2-3;/h2*3-4H,2,5H2,1H3,(H,9,10);2H2,1H3;/q;;-1;+3/p-2. The first-order chi connectivity index (χ1) is 11.4. The molecule has 0 aliphatic carbocycles. The van der Waals surface area contributed by atoms with Crippen molar-refractivity contribution in [2.75, 3.05) is 6.61 Å². The Labute approximate surface area is 147 Å². The summed E-state index contributed by atoms with van der Waals surface area (Å²) < 4.78 is 15.0. The first-order valence-corrected chi connectivity index (χ1v) is 9.23. The molecule has 0 amide bonds. The molecule has 7 nitrogen and oxygen atoms in total. The molecule has 0 unspecified atom stereocenters. The summed E-state index contributed by atoms with van der Waals surface area (Å²) in [7, 11) is 0. The van der Waals surface area contributed by atoms with Crippen LogP contribution in [0.15, 0.2) is 24.3 Å². The van der Waals surface area contributed by atoms with Crippen molar-refractivity contribution in [3.05, 3.63) is 24.3 Å². The van der Waals surface area contributed by atoms with Gasteiger partial charge in [-0.1, -0.05) is 26.0 Å². The molecule has 0 spiro atoms. The van der Waals surface area contributed by atoms with Crippen LogP contribution in [0.4, 0.5) is 0 Å². The van der Waals surface area contributed by atoms with E-state index < -0.39 is 51.5 Å². The molecule has 0 aliphatic rings. The van der Waals surface area contributed by atoms with Crippen molar-refractivity contribution in [3.63, 3.8) is 0 Å². The smallest absolute Gasteiger partial charge is 0.561 e. The van der Waals surface area contributed by atoms with Crippen molar-refractivity contribution < 1.29 is 30.5 Å². The molecule has 132 valence electrons. The summed E-state index contributed by atoms with van der Waals surface area (Å²) in [5.41, 5.74) is 0. The number of carbonyl (C=O) groups excluding carboxylic acids is 4. The fourth-order valence-electron chi connectivity index (χ4n) is 1.43. The third-order valence-corrected chi connectivity index (χ3v) is 3.99. The molecule has 24 heavy (non-hydrogen) atoms. The van der Waals surface area contributed by atoms with Gasteiger partial charge in [-0.25, -0.2) is 0 Å². The van der Waals surface area contributed by atoms with Crippen molar-refractivity contribution in [3.8, 4) is 0 Å². The maximum atomic E-state index is 11.7. The largest absolute Gasteiger partial charge is 1.10 e. The molecule has 0 saturated heterocycles. The first-order valence-electron chi connectivity index (χ1n) is 7.82. The molecule has 0 heterocycles. The molecule has 8 heteroatoms. The normalized spacial score (nSPS) is 10.8. The van der Waals surface area contributed by atoms with E-state index in [2.05, 4.69) is 0 Å². The lowest BCUT2D eigenvalue weighted by Crippen LogP contribution is -2.33. The molecule has 0 fully saturated rings. The fraction of sp³-hybridized carbons (Fsp3) is 0.500. The number of rotatable bonds is 12. The summed E-state index contributed by atoms with van der Waals surface area (Å²) in [4.78, 5) is 46.2. The van der Waals surface area contributed by atoms with E-state index in [1.807, 2.05) is 13.8 Å². The van der Waals surface area contributed by atoms with Crippen LogP contribution >= 0.6 is 0 Å². The number of hydrogen-bond acceptors (Lipinski definition) is 7. The van der Waals surface area contributed by atoms with Crippen molar-refractivity contribution in [2.24, 2.45) is 0 Å². The fourth-order valence-corrected chi connectivity index (χ4v) is 2.48. The van der Waals surface area contributed by atoms with Gasteiger partial charge < -0.3 is 11.4 Å². The van der Waals surface area contributed by atoms with Gasteiger partial charge in [0.25, 0.3) is 11.9 Å². The Kier molecular flexibility index (Phi) is 12.7. The van der Waals surface area contributed by atoms with Gasteiger partial charge in [0.15, 0.2) is 11.6 Å². The van der Waals surface area contributed by atoms with E-state index in [-0.39, 0.29) is 6.61 Å². The average molecular weight is 354 g/mol. The number of allylic oxidation sites excluding steroid dienone is 4. The second kappa shape index (κ2) is 13.7. The van der Waals surface area contributed by atoms with Crippen molar-refractivity contribution in [2.45, 2.75) is 46.5 Å². The number of ketones is 2.